The van der Waals surface area contributed by atoms with Crippen LogP contribution in [0.3, 0.4) is 0 Å². The first-order valence-electron chi connectivity index (χ1n) is 5.61. The maximum atomic E-state index is 11.8. The van der Waals surface area contributed by atoms with Gasteiger partial charge in [-0.2, -0.15) is 0 Å². The number of likely N-dealkylation sites (N-methyl/N-ethyl adjacent to an activating group) is 1. The molecule has 0 unspecified atom stereocenters. The molecule has 2 N–H and O–H groups in total. The van der Waals surface area contributed by atoms with Crippen LogP contribution in [0.1, 0.15) is 5.56 Å². The van der Waals surface area contributed by atoms with E-state index in [1.807, 2.05) is 30.5 Å². The average molecular weight is 232 g/mol. The minimum Gasteiger partial charge on any atom is -0.395 e. The number of nitrogens with zero attached hydrogens (tertiary/aromatic N) is 1. The highest BCUT2D eigenvalue weighted by Crippen LogP contribution is 2.15. The lowest BCUT2D eigenvalue weighted by molar-refractivity contribution is -0.129. The molecule has 0 saturated carbocycles. The molecule has 1 aromatic carbocycles. The summed E-state index contributed by atoms with van der Waals surface area (Å²) in [7, 11) is 1.70. The Morgan fingerprint density at radius 3 is 3.00 bits per heavy atom. The van der Waals surface area contributed by atoms with Crippen LogP contribution < -0.4 is 0 Å². The van der Waals surface area contributed by atoms with Crippen LogP contribution in [0.5, 0.6) is 0 Å². The molecule has 1 aromatic heterocycles. The monoisotopic (exact) mass is 232 g/mol. The second kappa shape index (κ2) is 5.01. The van der Waals surface area contributed by atoms with E-state index in [2.05, 4.69) is 4.98 Å². The number of hydrogen-bond acceptors (Lipinski definition) is 2. The molecule has 4 heteroatoms. The zero-order valence-corrected chi connectivity index (χ0v) is 9.81. The number of rotatable bonds is 4. The van der Waals surface area contributed by atoms with E-state index in [-0.39, 0.29) is 12.5 Å². The highest BCUT2D eigenvalue weighted by molar-refractivity contribution is 5.83. The molecule has 0 aliphatic heterocycles. The SMILES string of the molecule is CN(CCO)C(=O)Cc1ccc2[nH]ccc2c1. The number of carbonyl (C=O) groups excluding carboxylic acids is 1. The molecule has 1 amide bonds. The first-order chi connectivity index (χ1) is 8.20. The molecule has 0 fully saturated rings. The van der Waals surface area contributed by atoms with Gasteiger partial charge in [0.05, 0.1) is 13.0 Å². The molecular weight excluding hydrogens is 216 g/mol. The molecule has 0 aliphatic rings. The predicted molar refractivity (Wildman–Crippen MR) is 66.7 cm³/mol. The van der Waals surface area contributed by atoms with Crippen molar-refractivity contribution in [3.8, 4) is 0 Å². The van der Waals surface area contributed by atoms with Crippen LogP contribution in [0.15, 0.2) is 30.5 Å². The van der Waals surface area contributed by atoms with Gasteiger partial charge >= 0.3 is 0 Å². The number of carbonyl (C=O) groups is 1. The molecule has 0 radical (unpaired) electrons. The number of hydrogen-bond donors (Lipinski definition) is 2. The van der Waals surface area contributed by atoms with Gasteiger partial charge in [-0.25, -0.2) is 0 Å². The smallest absolute Gasteiger partial charge is 0.226 e. The molecule has 0 saturated heterocycles. The van der Waals surface area contributed by atoms with Gasteiger partial charge in [-0.1, -0.05) is 6.07 Å². The average Bonchev–Trinajstić information content (AvgIpc) is 2.76. The Morgan fingerprint density at radius 1 is 1.41 bits per heavy atom. The molecule has 0 atom stereocenters. The Labute approximate surface area is 99.9 Å². The first kappa shape index (κ1) is 11.7. The van der Waals surface area contributed by atoms with Gasteiger partial charge in [0, 0.05) is 25.3 Å². The minimum absolute atomic E-state index is 0.000907. The van der Waals surface area contributed by atoms with E-state index in [0.717, 1.165) is 16.5 Å². The van der Waals surface area contributed by atoms with E-state index in [0.29, 0.717) is 13.0 Å². The van der Waals surface area contributed by atoms with Crippen LogP contribution in [0, 0.1) is 0 Å². The van der Waals surface area contributed by atoms with Gasteiger partial charge in [0.15, 0.2) is 0 Å². The first-order valence-corrected chi connectivity index (χ1v) is 5.61. The highest BCUT2D eigenvalue weighted by Gasteiger charge is 2.09. The summed E-state index contributed by atoms with van der Waals surface area (Å²) in [6.07, 6.45) is 2.26. The Balaban J connectivity index is 2.09. The lowest BCUT2D eigenvalue weighted by Crippen LogP contribution is -2.30. The van der Waals surface area contributed by atoms with Gasteiger partial charge in [0.25, 0.3) is 0 Å². The number of fused-ring (bicyclic) bond motifs is 1. The standard InChI is InChI=1S/C13H16N2O2/c1-15(6-7-16)13(17)9-10-2-3-12-11(8-10)4-5-14-12/h2-5,8,14,16H,6-7,9H2,1H3. The van der Waals surface area contributed by atoms with E-state index in [9.17, 15) is 4.79 Å². The number of amides is 1. The normalized spacial score (nSPS) is 10.7. The summed E-state index contributed by atoms with van der Waals surface area (Å²) in [5, 5.41) is 9.88. The second-order valence-electron chi connectivity index (χ2n) is 4.11. The molecule has 1 heterocycles. The number of H-pyrrole nitrogens is 1. The van der Waals surface area contributed by atoms with Gasteiger partial charge in [-0.3, -0.25) is 4.79 Å². The zero-order valence-electron chi connectivity index (χ0n) is 9.81. The number of benzene rings is 1. The van der Waals surface area contributed by atoms with E-state index >= 15 is 0 Å². The van der Waals surface area contributed by atoms with Crippen molar-refractivity contribution in [3.05, 3.63) is 36.0 Å². The van der Waals surface area contributed by atoms with Crippen molar-refractivity contribution in [2.24, 2.45) is 0 Å². The Hall–Kier alpha value is -1.81. The van der Waals surface area contributed by atoms with Crippen LogP contribution >= 0.6 is 0 Å². The van der Waals surface area contributed by atoms with Crippen LogP contribution in [-0.2, 0) is 11.2 Å². The van der Waals surface area contributed by atoms with Crippen molar-refractivity contribution in [1.29, 1.82) is 0 Å². The summed E-state index contributed by atoms with van der Waals surface area (Å²) in [5.41, 5.74) is 2.07. The van der Waals surface area contributed by atoms with E-state index in [1.165, 1.54) is 0 Å². The van der Waals surface area contributed by atoms with Crippen molar-refractivity contribution < 1.29 is 9.90 Å². The van der Waals surface area contributed by atoms with Gasteiger partial charge in [0.2, 0.25) is 5.91 Å². The molecule has 2 aromatic rings. The summed E-state index contributed by atoms with van der Waals surface area (Å²) >= 11 is 0. The maximum Gasteiger partial charge on any atom is 0.226 e. The molecule has 0 bridgehead atoms. The lowest BCUT2D eigenvalue weighted by Gasteiger charge is -2.15. The maximum absolute atomic E-state index is 11.8. The minimum atomic E-state index is -0.000907. The third-order valence-electron chi connectivity index (χ3n) is 2.83. The van der Waals surface area contributed by atoms with Crippen molar-refractivity contribution in [1.82, 2.24) is 9.88 Å². The van der Waals surface area contributed by atoms with Crippen LogP contribution in [-0.4, -0.2) is 41.1 Å². The fraction of sp³-hybridized carbons (Fsp3) is 0.308. The van der Waals surface area contributed by atoms with Gasteiger partial charge in [-0.15, -0.1) is 0 Å². The van der Waals surface area contributed by atoms with Crippen molar-refractivity contribution in [3.63, 3.8) is 0 Å². The Kier molecular flexibility index (Phi) is 3.44. The molecule has 0 spiro atoms. The van der Waals surface area contributed by atoms with Crippen molar-refractivity contribution in [2.75, 3.05) is 20.2 Å². The van der Waals surface area contributed by atoms with E-state index < -0.39 is 0 Å². The highest BCUT2D eigenvalue weighted by atomic mass is 16.3. The quantitative estimate of drug-likeness (QED) is 0.831. The fourth-order valence-electron chi connectivity index (χ4n) is 1.80. The van der Waals surface area contributed by atoms with Crippen LogP contribution in [0.25, 0.3) is 10.9 Å². The van der Waals surface area contributed by atoms with Crippen LogP contribution in [0.2, 0.25) is 0 Å². The third-order valence-corrected chi connectivity index (χ3v) is 2.83. The number of aromatic amines is 1. The van der Waals surface area contributed by atoms with Crippen molar-refractivity contribution >= 4 is 16.8 Å². The molecule has 4 nitrogen and oxygen atoms in total. The van der Waals surface area contributed by atoms with Gasteiger partial charge in [0.1, 0.15) is 0 Å². The number of nitrogens with one attached hydrogen (secondary N) is 1. The van der Waals surface area contributed by atoms with E-state index in [4.69, 9.17) is 5.11 Å². The summed E-state index contributed by atoms with van der Waals surface area (Å²) < 4.78 is 0. The predicted octanol–water partition coefficient (Wildman–Crippen LogP) is 1.16. The van der Waals surface area contributed by atoms with Gasteiger partial charge < -0.3 is 15.0 Å². The number of aliphatic hydroxyl groups excluding tert-OH is 1. The molecule has 0 aliphatic carbocycles. The van der Waals surface area contributed by atoms with E-state index in [1.54, 1.807) is 11.9 Å². The third kappa shape index (κ3) is 2.65. The zero-order chi connectivity index (χ0) is 12.3. The Bertz CT molecular complexity index is 519. The second-order valence-corrected chi connectivity index (χ2v) is 4.11. The lowest BCUT2D eigenvalue weighted by atomic mass is 10.1. The molecule has 2 rings (SSSR count). The van der Waals surface area contributed by atoms with Gasteiger partial charge in [-0.05, 0) is 29.1 Å². The summed E-state index contributed by atoms with van der Waals surface area (Å²) in [5.74, 6) is 0.0222. The Morgan fingerprint density at radius 2 is 2.24 bits per heavy atom. The van der Waals surface area contributed by atoms with Crippen LogP contribution in [0.4, 0.5) is 0 Å². The molecular formula is C13H16N2O2. The number of aliphatic hydroxyl groups is 1. The summed E-state index contributed by atoms with van der Waals surface area (Å²) in [6.45, 7) is 0.379. The largest absolute Gasteiger partial charge is 0.395 e. The molecule has 90 valence electrons. The van der Waals surface area contributed by atoms with Crippen molar-refractivity contribution in [2.45, 2.75) is 6.42 Å². The summed E-state index contributed by atoms with van der Waals surface area (Å²) in [4.78, 5) is 16.4. The summed E-state index contributed by atoms with van der Waals surface area (Å²) in [6, 6.07) is 7.92. The topological polar surface area (TPSA) is 56.3 Å². The number of aromatic nitrogens is 1. The fourth-order valence-corrected chi connectivity index (χ4v) is 1.80. The molecule has 17 heavy (non-hydrogen) atoms.